The molecule has 0 aromatic heterocycles. The molecule has 2 N–H and O–H groups in total. The van der Waals surface area contributed by atoms with Crippen LogP contribution in [0.3, 0.4) is 0 Å². The molecular formula is C51H74N2O9. The van der Waals surface area contributed by atoms with Gasteiger partial charge in [0, 0.05) is 44.1 Å². The first-order valence-corrected chi connectivity index (χ1v) is 23.6. The smallest absolute Gasteiger partial charge is 0.239 e. The number of oxime groups is 1. The van der Waals surface area contributed by atoms with Crippen molar-refractivity contribution >= 4 is 17.9 Å². The summed E-state index contributed by atoms with van der Waals surface area (Å²) < 4.78 is 26.3. The van der Waals surface area contributed by atoms with Crippen LogP contribution in [0.4, 0.5) is 0 Å². The quantitative estimate of drug-likeness (QED) is 0.0355. The Hall–Kier alpha value is -4.19. The van der Waals surface area contributed by atoms with E-state index in [0.717, 1.165) is 74.5 Å². The number of benzene rings is 2. The predicted molar refractivity (Wildman–Crippen MR) is 244 cm³/mol. The van der Waals surface area contributed by atoms with Gasteiger partial charge in [-0.1, -0.05) is 95.4 Å². The summed E-state index contributed by atoms with van der Waals surface area (Å²) in [6.07, 6.45) is 21.7. The highest BCUT2D eigenvalue weighted by Gasteiger charge is 2.65. The van der Waals surface area contributed by atoms with E-state index in [1.165, 1.54) is 45.6 Å². The molecule has 5 rings (SSSR count). The number of hydrogen-bond acceptors (Lipinski definition) is 10. The van der Waals surface area contributed by atoms with Crippen LogP contribution in [0.1, 0.15) is 151 Å². The zero-order valence-electron chi connectivity index (χ0n) is 38.0. The number of aliphatic hydroxyl groups excluding tert-OH is 2. The SMILES string of the molecule is C=CCOC12Oc3ccc(Oc4ccc(OC)c(C=O)c4)cc3C3C(CCCCO)C(CCCCO)C=C(C(=NOC)CC1N(CCC)C(=O)CCCCCCCCCCC)C32. The van der Waals surface area contributed by atoms with Crippen LogP contribution in [-0.2, 0) is 14.4 Å². The average molecular weight is 859 g/mol. The molecule has 2 aromatic carbocycles. The lowest BCUT2D eigenvalue weighted by atomic mass is 9.55. The van der Waals surface area contributed by atoms with Crippen LogP contribution in [0.5, 0.6) is 23.0 Å². The average Bonchev–Trinajstić information content (AvgIpc) is 3.28. The van der Waals surface area contributed by atoms with E-state index in [1.807, 2.05) is 23.1 Å². The second kappa shape index (κ2) is 25.2. The third-order valence-corrected chi connectivity index (χ3v) is 13.1. The molecule has 6 atom stereocenters. The van der Waals surface area contributed by atoms with E-state index >= 15 is 0 Å². The van der Waals surface area contributed by atoms with Crippen LogP contribution < -0.4 is 14.2 Å². The third kappa shape index (κ3) is 11.9. The van der Waals surface area contributed by atoms with Crippen LogP contribution in [0.2, 0.25) is 0 Å². The van der Waals surface area contributed by atoms with Crippen LogP contribution in [0.15, 0.2) is 65.9 Å². The molecule has 1 saturated carbocycles. The second-order valence-corrected chi connectivity index (χ2v) is 17.2. The number of unbranched alkanes of at least 4 members (excludes halogenated alkanes) is 10. The highest BCUT2D eigenvalue weighted by atomic mass is 16.7. The lowest BCUT2D eigenvalue weighted by Gasteiger charge is -2.60. The van der Waals surface area contributed by atoms with Gasteiger partial charge in [-0.2, -0.15) is 0 Å². The molecule has 6 unspecified atom stereocenters. The molecule has 342 valence electrons. The van der Waals surface area contributed by atoms with Crippen molar-refractivity contribution in [2.45, 2.75) is 147 Å². The molecule has 0 bridgehead atoms. The molecule has 11 nitrogen and oxygen atoms in total. The summed E-state index contributed by atoms with van der Waals surface area (Å²) in [5, 5.41) is 24.5. The van der Waals surface area contributed by atoms with Crippen molar-refractivity contribution in [1.29, 1.82) is 0 Å². The number of rotatable bonds is 29. The van der Waals surface area contributed by atoms with Gasteiger partial charge in [0.25, 0.3) is 0 Å². The number of ether oxygens (including phenoxy) is 4. The van der Waals surface area contributed by atoms with E-state index in [9.17, 15) is 19.8 Å². The summed E-state index contributed by atoms with van der Waals surface area (Å²) in [7, 11) is 3.10. The van der Waals surface area contributed by atoms with E-state index in [-0.39, 0.29) is 43.5 Å². The van der Waals surface area contributed by atoms with Gasteiger partial charge in [-0.3, -0.25) is 9.59 Å². The van der Waals surface area contributed by atoms with Crippen LogP contribution in [-0.4, -0.2) is 85.4 Å². The maximum atomic E-state index is 14.6. The van der Waals surface area contributed by atoms with Crippen LogP contribution >= 0.6 is 0 Å². The molecule has 1 heterocycles. The predicted octanol–water partition coefficient (Wildman–Crippen LogP) is 10.7. The maximum absolute atomic E-state index is 14.6. The normalized spacial score (nSPS) is 23.1. The fourth-order valence-corrected chi connectivity index (χ4v) is 10.3. The van der Waals surface area contributed by atoms with E-state index in [2.05, 4.69) is 26.5 Å². The number of carbonyl (C=O) groups is 2. The first-order valence-electron chi connectivity index (χ1n) is 23.6. The number of fused-ring (bicyclic) bond motifs is 2. The Morgan fingerprint density at radius 1 is 0.903 bits per heavy atom. The van der Waals surface area contributed by atoms with Gasteiger partial charge in [-0.05, 0) is 92.3 Å². The fraction of sp³-hybridized carbons (Fsp3) is 0.627. The third-order valence-electron chi connectivity index (χ3n) is 13.1. The Balaban J connectivity index is 1.62. The van der Waals surface area contributed by atoms with Crippen molar-refractivity contribution in [3.63, 3.8) is 0 Å². The summed E-state index contributed by atoms with van der Waals surface area (Å²) >= 11 is 0. The topological polar surface area (TPSA) is 136 Å². The monoisotopic (exact) mass is 859 g/mol. The van der Waals surface area contributed by atoms with Gasteiger partial charge in [-0.15, -0.1) is 6.58 Å². The number of amides is 1. The van der Waals surface area contributed by atoms with Crippen molar-refractivity contribution in [3.8, 4) is 23.0 Å². The first-order chi connectivity index (χ1) is 30.3. The molecular weight excluding hydrogens is 785 g/mol. The zero-order valence-corrected chi connectivity index (χ0v) is 38.0. The Bertz CT molecular complexity index is 1790. The largest absolute Gasteiger partial charge is 0.496 e. The molecule has 11 heteroatoms. The van der Waals surface area contributed by atoms with Crippen LogP contribution in [0, 0.1) is 17.8 Å². The number of allylic oxidation sites excluding steroid dienone is 1. The number of aldehydes is 1. The molecule has 1 amide bonds. The van der Waals surface area contributed by atoms with Crippen molar-refractivity contribution < 1.29 is 43.6 Å². The van der Waals surface area contributed by atoms with Gasteiger partial charge in [0.05, 0.1) is 30.9 Å². The lowest BCUT2D eigenvalue weighted by molar-refractivity contribution is -0.257. The lowest BCUT2D eigenvalue weighted by Crippen LogP contribution is -2.70. The van der Waals surface area contributed by atoms with Crippen molar-refractivity contribution in [2.24, 2.45) is 22.9 Å². The van der Waals surface area contributed by atoms with Crippen molar-refractivity contribution in [2.75, 3.05) is 40.6 Å². The summed E-state index contributed by atoms with van der Waals surface area (Å²) in [4.78, 5) is 34.2. The number of hydrogen-bond donors (Lipinski definition) is 2. The molecule has 1 fully saturated rings. The summed E-state index contributed by atoms with van der Waals surface area (Å²) in [6.45, 7) is 9.36. The molecule has 0 saturated heterocycles. The van der Waals surface area contributed by atoms with Gasteiger partial charge in [0.2, 0.25) is 11.7 Å². The molecule has 62 heavy (non-hydrogen) atoms. The van der Waals surface area contributed by atoms with Crippen molar-refractivity contribution in [1.82, 2.24) is 4.90 Å². The fourth-order valence-electron chi connectivity index (χ4n) is 10.3. The van der Waals surface area contributed by atoms with E-state index in [0.29, 0.717) is 60.8 Å². The Labute approximate surface area is 370 Å². The van der Waals surface area contributed by atoms with E-state index in [4.69, 9.17) is 28.9 Å². The minimum Gasteiger partial charge on any atom is -0.496 e. The minimum absolute atomic E-state index is 0.0843. The van der Waals surface area contributed by atoms with Crippen molar-refractivity contribution in [3.05, 3.63) is 71.8 Å². The number of aliphatic hydroxyl groups is 2. The van der Waals surface area contributed by atoms with Crippen LogP contribution in [0.25, 0.3) is 0 Å². The number of nitrogens with zero attached hydrogens (tertiary/aromatic N) is 2. The van der Waals surface area contributed by atoms with Gasteiger partial charge in [0.1, 0.15) is 36.1 Å². The summed E-state index contributed by atoms with van der Waals surface area (Å²) in [6, 6.07) is 10.5. The summed E-state index contributed by atoms with van der Waals surface area (Å²) in [5.74, 6) is 0.618. The Kier molecular flexibility index (Phi) is 19.8. The number of carbonyl (C=O) groups excluding carboxylic acids is 2. The Morgan fingerprint density at radius 3 is 2.26 bits per heavy atom. The zero-order chi connectivity index (χ0) is 44.3. The second-order valence-electron chi connectivity index (χ2n) is 17.2. The summed E-state index contributed by atoms with van der Waals surface area (Å²) in [5.41, 5.74) is 3.12. The highest BCUT2D eigenvalue weighted by Crippen LogP contribution is 2.62. The van der Waals surface area contributed by atoms with Gasteiger partial charge >= 0.3 is 0 Å². The molecule has 2 aliphatic carbocycles. The molecule has 1 aliphatic heterocycles. The molecule has 3 aliphatic rings. The first kappa shape index (κ1) is 48.8. The highest BCUT2D eigenvalue weighted by molar-refractivity contribution is 6.03. The number of methoxy groups -OCH3 is 1. The van der Waals surface area contributed by atoms with Gasteiger partial charge in [0.15, 0.2) is 6.29 Å². The molecule has 0 radical (unpaired) electrons. The minimum atomic E-state index is -1.30. The Morgan fingerprint density at radius 2 is 1.60 bits per heavy atom. The maximum Gasteiger partial charge on any atom is 0.239 e. The standard InChI is InChI=1S/C51H74N2O9/c1-6-9-10-11-12-13-14-15-16-23-48(57)53(28-7-2)47-35-44(52-59-5)42-33-37(21-17-19-29-54)41(22-18-20-30-55)49-43-34-40(61-39-24-26-45(58-4)38(32-39)36-56)25-27-46(43)62-51(47,50(42)49)60-31-8-3/h8,24-27,32-34,36-37,41,47,49-50,54-55H,3,6-7,9-23,28-31,35H2,1-2,4-5H3. The van der Waals surface area contributed by atoms with Gasteiger partial charge < -0.3 is 38.9 Å². The molecule has 0 spiro atoms. The molecule has 2 aromatic rings. The van der Waals surface area contributed by atoms with E-state index in [1.54, 1.807) is 31.4 Å². The van der Waals surface area contributed by atoms with E-state index < -0.39 is 17.7 Å². The van der Waals surface area contributed by atoms with Gasteiger partial charge in [-0.25, -0.2) is 0 Å².